The summed E-state index contributed by atoms with van der Waals surface area (Å²) in [4.78, 5) is 21.1. The van der Waals surface area contributed by atoms with Crippen LogP contribution in [0.15, 0.2) is 30.3 Å². The number of rotatable bonds is 7. The second kappa shape index (κ2) is 11.5. The third-order valence-corrected chi connectivity index (χ3v) is 10.4. The number of terminal acetylenes is 1. The molecule has 2 bridgehead atoms. The second-order valence-corrected chi connectivity index (χ2v) is 14.0. The van der Waals surface area contributed by atoms with Gasteiger partial charge >= 0.3 is 6.01 Å². The van der Waals surface area contributed by atoms with Crippen LogP contribution in [0.2, 0.25) is 0 Å². The molecule has 47 heavy (non-hydrogen) atoms. The molecule has 0 saturated carbocycles. The summed E-state index contributed by atoms with van der Waals surface area (Å²) in [7, 11) is 3.87. The minimum atomic E-state index is -0.895. The fraction of sp³-hybridized carbons (Fsp3) is 0.472. The van der Waals surface area contributed by atoms with Crippen LogP contribution in [0.4, 0.5) is 14.6 Å². The number of ether oxygens (including phenoxy) is 1. The lowest BCUT2D eigenvalue weighted by molar-refractivity contribution is 0.107. The van der Waals surface area contributed by atoms with Crippen molar-refractivity contribution in [1.29, 1.82) is 0 Å². The first kappa shape index (κ1) is 30.2. The van der Waals surface area contributed by atoms with Gasteiger partial charge in [0.15, 0.2) is 5.82 Å². The maximum Gasteiger partial charge on any atom is 0.319 e. The number of phenolic OH excluding ortho intramolecular Hbond substituents is 1. The van der Waals surface area contributed by atoms with Crippen molar-refractivity contribution in [3.63, 3.8) is 0 Å². The number of alkyl halides is 1. The third-order valence-electron chi connectivity index (χ3n) is 10.4. The molecule has 6 heterocycles. The number of anilines is 1. The van der Waals surface area contributed by atoms with Gasteiger partial charge < -0.3 is 25.0 Å². The standard InChI is InChI=1S/C36H39F2N7O2/c1-4-21-7-5-8-22-13-26(46)14-27(29(21)22)32-31(38)33-30(28(40-32)19-43(2)3)34(44-17-24-9-10-25(18-44)39-24)42-35(41-33)47-20-36-11-6-12-45(36)16-23(37)15-36/h1,5,7-8,13-14,23-25,39,46H,6,9-12,15-20H2,2-3H3/t23-,24?,25?,36+/m1/s1. The fourth-order valence-electron chi connectivity index (χ4n) is 8.43. The van der Waals surface area contributed by atoms with Gasteiger partial charge in [-0.3, -0.25) is 4.90 Å². The quantitative estimate of drug-likeness (QED) is 0.281. The van der Waals surface area contributed by atoms with Gasteiger partial charge in [-0.15, -0.1) is 6.42 Å². The summed E-state index contributed by atoms with van der Waals surface area (Å²) in [5.74, 6) is 2.65. The molecule has 4 aliphatic rings. The number of nitrogens with one attached hydrogen (secondary N) is 1. The first-order valence-corrected chi connectivity index (χ1v) is 16.5. The van der Waals surface area contributed by atoms with E-state index in [1.54, 1.807) is 12.1 Å². The lowest BCUT2D eigenvalue weighted by Crippen LogP contribution is -2.51. The third kappa shape index (κ3) is 5.23. The van der Waals surface area contributed by atoms with E-state index in [0.29, 0.717) is 70.4 Å². The first-order chi connectivity index (χ1) is 22.7. The van der Waals surface area contributed by atoms with Gasteiger partial charge in [0.05, 0.1) is 16.6 Å². The summed E-state index contributed by atoms with van der Waals surface area (Å²) >= 11 is 0. The molecule has 2 aromatic carbocycles. The summed E-state index contributed by atoms with van der Waals surface area (Å²) in [5.41, 5.74) is 1.31. The van der Waals surface area contributed by atoms with Crippen LogP contribution in [0.5, 0.6) is 11.8 Å². The average Bonchev–Trinajstić information content (AvgIpc) is 3.70. The van der Waals surface area contributed by atoms with Crippen LogP contribution in [0.25, 0.3) is 32.9 Å². The largest absolute Gasteiger partial charge is 0.508 e. The Bertz CT molecular complexity index is 1920. The zero-order chi connectivity index (χ0) is 32.4. The summed E-state index contributed by atoms with van der Waals surface area (Å²) in [6.45, 7) is 3.32. The highest BCUT2D eigenvalue weighted by molar-refractivity contribution is 6.03. The van der Waals surface area contributed by atoms with Crippen LogP contribution in [0.3, 0.4) is 0 Å². The van der Waals surface area contributed by atoms with E-state index < -0.39 is 17.5 Å². The van der Waals surface area contributed by atoms with Crippen molar-refractivity contribution < 1.29 is 18.6 Å². The topological polar surface area (TPSA) is 89.9 Å². The van der Waals surface area contributed by atoms with Crippen molar-refractivity contribution in [2.45, 2.75) is 62.4 Å². The minimum absolute atomic E-state index is 0.0241. The van der Waals surface area contributed by atoms with E-state index in [1.165, 1.54) is 6.07 Å². The maximum absolute atomic E-state index is 17.2. The first-order valence-electron chi connectivity index (χ1n) is 16.5. The molecule has 9 nitrogen and oxygen atoms in total. The molecule has 0 aliphatic carbocycles. The minimum Gasteiger partial charge on any atom is -0.508 e. The number of fused-ring (bicyclic) bond motifs is 5. The Labute approximate surface area is 272 Å². The molecule has 4 atom stereocenters. The lowest BCUT2D eigenvalue weighted by atomic mass is 9.95. The Morgan fingerprint density at radius 1 is 1.13 bits per heavy atom. The van der Waals surface area contributed by atoms with Gasteiger partial charge in [-0.05, 0) is 69.9 Å². The smallest absolute Gasteiger partial charge is 0.319 e. The summed E-state index contributed by atoms with van der Waals surface area (Å²) in [5, 5.41) is 16.3. The van der Waals surface area contributed by atoms with Crippen LogP contribution < -0.4 is 15.0 Å². The Hall–Kier alpha value is -4.11. The normalized spacial score (nSPS) is 25.6. The zero-order valence-electron chi connectivity index (χ0n) is 26.8. The van der Waals surface area contributed by atoms with Crippen LogP contribution in [0, 0.1) is 18.2 Å². The average molecular weight is 640 g/mol. The Balaban J connectivity index is 1.34. The Morgan fingerprint density at radius 2 is 1.94 bits per heavy atom. The van der Waals surface area contributed by atoms with Crippen LogP contribution in [-0.2, 0) is 6.54 Å². The molecule has 4 aliphatic heterocycles. The molecule has 11 heteroatoms. The predicted molar refractivity (Wildman–Crippen MR) is 178 cm³/mol. The van der Waals surface area contributed by atoms with E-state index in [9.17, 15) is 9.50 Å². The molecule has 2 aromatic heterocycles. The number of pyridine rings is 1. The molecule has 0 radical (unpaired) electrons. The van der Waals surface area contributed by atoms with Crippen LogP contribution in [-0.4, -0.2) is 101 Å². The Kier molecular flexibility index (Phi) is 7.43. The molecule has 4 fully saturated rings. The molecule has 2 unspecified atom stereocenters. The van der Waals surface area contributed by atoms with Crippen molar-refractivity contribution in [2.75, 3.05) is 51.8 Å². The summed E-state index contributed by atoms with van der Waals surface area (Å²) < 4.78 is 38.2. The summed E-state index contributed by atoms with van der Waals surface area (Å²) in [6, 6.07) is 9.25. The number of halogens is 2. The molecule has 4 saturated heterocycles. The van der Waals surface area contributed by atoms with Crippen LogP contribution >= 0.6 is 0 Å². The van der Waals surface area contributed by atoms with E-state index >= 15 is 4.39 Å². The molecule has 0 spiro atoms. The van der Waals surface area contributed by atoms with E-state index in [-0.39, 0.29) is 29.6 Å². The van der Waals surface area contributed by atoms with Crippen molar-refractivity contribution in [3.05, 3.63) is 47.4 Å². The highest BCUT2D eigenvalue weighted by atomic mass is 19.1. The molecule has 4 aromatic rings. The van der Waals surface area contributed by atoms with Gasteiger partial charge in [-0.25, -0.2) is 13.8 Å². The van der Waals surface area contributed by atoms with Crippen LogP contribution in [0.1, 0.15) is 43.4 Å². The number of nitrogens with zero attached hydrogens (tertiary/aromatic N) is 6. The number of benzene rings is 2. The van der Waals surface area contributed by atoms with Crippen molar-refractivity contribution in [1.82, 2.24) is 30.1 Å². The number of phenols is 1. The van der Waals surface area contributed by atoms with E-state index in [4.69, 9.17) is 26.1 Å². The number of hydrogen-bond donors (Lipinski definition) is 2. The van der Waals surface area contributed by atoms with Gasteiger partial charge in [0.1, 0.15) is 35.6 Å². The number of aromatic hydroxyl groups is 1. The van der Waals surface area contributed by atoms with Gasteiger partial charge in [0.2, 0.25) is 0 Å². The lowest BCUT2D eigenvalue weighted by Gasteiger charge is -2.35. The number of piperazine rings is 1. The van der Waals surface area contributed by atoms with Crippen molar-refractivity contribution in [3.8, 4) is 35.4 Å². The predicted octanol–water partition coefficient (Wildman–Crippen LogP) is 4.63. The maximum atomic E-state index is 17.2. The SMILES string of the molecule is C#Cc1cccc2cc(O)cc(-c3nc(CN(C)C)c4c(N5CC6CCC(C5)N6)nc(OC[C@@]56CCCN5C[C@H](F)C6)nc4c3F)c12. The monoisotopic (exact) mass is 639 g/mol. The number of hydrogen-bond acceptors (Lipinski definition) is 9. The molecule has 0 amide bonds. The van der Waals surface area contributed by atoms with E-state index in [0.717, 1.165) is 45.3 Å². The van der Waals surface area contributed by atoms with Gasteiger partial charge in [0, 0.05) is 61.2 Å². The van der Waals surface area contributed by atoms with Gasteiger partial charge in [-0.1, -0.05) is 18.1 Å². The molecular weight excluding hydrogens is 600 g/mol. The fourth-order valence-corrected chi connectivity index (χ4v) is 8.43. The van der Waals surface area contributed by atoms with Gasteiger partial charge in [0.25, 0.3) is 0 Å². The van der Waals surface area contributed by atoms with Crippen molar-refractivity contribution in [2.24, 2.45) is 0 Å². The van der Waals surface area contributed by atoms with Crippen molar-refractivity contribution >= 4 is 27.5 Å². The highest BCUT2D eigenvalue weighted by Crippen LogP contribution is 2.42. The summed E-state index contributed by atoms with van der Waals surface area (Å²) in [6.07, 6.45) is 9.37. The van der Waals surface area contributed by atoms with E-state index in [2.05, 4.69) is 21.0 Å². The molecule has 244 valence electrons. The number of aromatic nitrogens is 3. The highest BCUT2D eigenvalue weighted by Gasteiger charge is 2.49. The Morgan fingerprint density at radius 3 is 2.70 bits per heavy atom. The molecular formula is C36H39F2N7O2. The van der Waals surface area contributed by atoms with E-state index in [1.807, 2.05) is 31.1 Å². The second-order valence-electron chi connectivity index (χ2n) is 14.0. The van der Waals surface area contributed by atoms with Gasteiger partial charge in [-0.2, -0.15) is 9.97 Å². The molecule has 2 N–H and O–H groups in total. The zero-order valence-corrected chi connectivity index (χ0v) is 26.8. The molecule has 8 rings (SSSR count).